The fourth-order valence-electron chi connectivity index (χ4n) is 3.61. The Morgan fingerprint density at radius 3 is 2.86 bits per heavy atom. The van der Waals surface area contributed by atoms with Gasteiger partial charge in [-0.1, -0.05) is 52.3 Å². The van der Waals surface area contributed by atoms with E-state index in [-0.39, 0.29) is 11.9 Å². The lowest BCUT2D eigenvalue weighted by molar-refractivity contribution is 0.420. The van der Waals surface area contributed by atoms with E-state index in [4.69, 9.17) is 0 Å². The zero-order valence-corrected chi connectivity index (χ0v) is 13.0. The number of hydrogen-bond acceptors (Lipinski definition) is 1. The summed E-state index contributed by atoms with van der Waals surface area (Å²) in [4.78, 5) is 0. The number of para-hydroxylation sites is 1. The van der Waals surface area contributed by atoms with Gasteiger partial charge in [-0.2, -0.15) is 0 Å². The zero-order chi connectivity index (χ0) is 14.4. The number of fused-ring (bicyclic) bond motifs is 3. The van der Waals surface area contributed by atoms with E-state index < -0.39 is 0 Å². The van der Waals surface area contributed by atoms with Gasteiger partial charge in [-0.05, 0) is 41.7 Å². The van der Waals surface area contributed by atoms with E-state index in [1.54, 1.807) is 6.07 Å². The van der Waals surface area contributed by atoms with Crippen molar-refractivity contribution in [3.63, 3.8) is 0 Å². The summed E-state index contributed by atoms with van der Waals surface area (Å²) >= 11 is 3.53. The number of benzene rings is 2. The molecule has 1 N–H and O–H groups in total. The minimum absolute atomic E-state index is 0.145. The monoisotopic (exact) mass is 343 g/mol. The van der Waals surface area contributed by atoms with Gasteiger partial charge in [0.1, 0.15) is 5.82 Å². The van der Waals surface area contributed by atoms with Gasteiger partial charge >= 0.3 is 0 Å². The van der Waals surface area contributed by atoms with Crippen molar-refractivity contribution in [2.45, 2.75) is 18.4 Å². The highest BCUT2D eigenvalue weighted by molar-refractivity contribution is 9.10. The standard InChI is InChI=1S/C18H15BrFN/c19-12-5-1-4-11(10-12)17-14-7-2-6-13(14)15-8-3-9-16(20)18(15)21-17/h1-6,8-10,13-14,17,21H,7H2/t13-,14+,17-/m0/s1. The summed E-state index contributed by atoms with van der Waals surface area (Å²) in [5.41, 5.74) is 2.95. The molecule has 0 radical (unpaired) electrons. The molecule has 0 bridgehead atoms. The quantitative estimate of drug-likeness (QED) is 0.682. The highest BCUT2D eigenvalue weighted by Crippen LogP contribution is 2.50. The Hall–Kier alpha value is -1.61. The van der Waals surface area contributed by atoms with E-state index in [1.807, 2.05) is 18.2 Å². The topological polar surface area (TPSA) is 12.0 Å². The van der Waals surface area contributed by atoms with E-state index in [1.165, 1.54) is 11.6 Å². The van der Waals surface area contributed by atoms with Crippen LogP contribution in [-0.2, 0) is 0 Å². The van der Waals surface area contributed by atoms with E-state index in [0.29, 0.717) is 17.5 Å². The van der Waals surface area contributed by atoms with Crippen LogP contribution in [0.2, 0.25) is 0 Å². The number of allylic oxidation sites excluding steroid dienone is 2. The fourth-order valence-corrected chi connectivity index (χ4v) is 4.03. The number of anilines is 1. The average Bonchev–Trinajstić information content (AvgIpc) is 2.96. The SMILES string of the molecule is Fc1cccc2c1N[C@@H](c1cccc(Br)c1)[C@@H]1CC=C[C@H]21. The van der Waals surface area contributed by atoms with Crippen LogP contribution in [0.3, 0.4) is 0 Å². The van der Waals surface area contributed by atoms with Gasteiger partial charge in [0.25, 0.3) is 0 Å². The summed E-state index contributed by atoms with van der Waals surface area (Å²) in [6, 6.07) is 13.8. The molecule has 0 amide bonds. The smallest absolute Gasteiger partial charge is 0.146 e. The van der Waals surface area contributed by atoms with Gasteiger partial charge in [0.15, 0.2) is 0 Å². The predicted octanol–water partition coefficient (Wildman–Crippen LogP) is 5.41. The minimum atomic E-state index is -0.161. The summed E-state index contributed by atoms with van der Waals surface area (Å²) in [5, 5.41) is 3.44. The second-order valence-electron chi connectivity index (χ2n) is 5.73. The fraction of sp³-hybridized carbons (Fsp3) is 0.222. The lowest BCUT2D eigenvalue weighted by Crippen LogP contribution is -2.29. The average molecular weight is 344 g/mol. The van der Waals surface area contributed by atoms with Gasteiger partial charge < -0.3 is 5.32 Å². The van der Waals surface area contributed by atoms with Crippen LogP contribution in [0.4, 0.5) is 10.1 Å². The van der Waals surface area contributed by atoms with Crippen LogP contribution in [-0.4, -0.2) is 0 Å². The third-order valence-corrected chi connectivity index (χ3v) is 5.05. The molecule has 2 aromatic rings. The summed E-state index contributed by atoms with van der Waals surface area (Å²) in [5.74, 6) is 0.598. The van der Waals surface area contributed by atoms with Crippen LogP contribution in [0.5, 0.6) is 0 Å². The van der Waals surface area contributed by atoms with E-state index >= 15 is 0 Å². The lowest BCUT2D eigenvalue weighted by Gasteiger charge is -2.37. The first-order chi connectivity index (χ1) is 10.2. The molecule has 106 valence electrons. The highest BCUT2D eigenvalue weighted by Gasteiger charge is 2.38. The third-order valence-electron chi connectivity index (χ3n) is 4.55. The van der Waals surface area contributed by atoms with Crippen molar-refractivity contribution < 1.29 is 4.39 Å². The molecule has 0 fully saturated rings. The molecule has 3 atom stereocenters. The van der Waals surface area contributed by atoms with Crippen molar-refractivity contribution in [2.75, 3.05) is 5.32 Å². The van der Waals surface area contributed by atoms with Crippen LogP contribution in [0, 0.1) is 11.7 Å². The first kappa shape index (κ1) is 13.1. The lowest BCUT2D eigenvalue weighted by atomic mass is 9.77. The van der Waals surface area contributed by atoms with E-state index in [2.05, 4.69) is 45.5 Å². The molecule has 1 nitrogen and oxygen atoms in total. The molecule has 0 unspecified atom stereocenters. The first-order valence-electron chi connectivity index (χ1n) is 7.21. The maximum atomic E-state index is 14.2. The Morgan fingerprint density at radius 1 is 1.14 bits per heavy atom. The van der Waals surface area contributed by atoms with Crippen molar-refractivity contribution in [2.24, 2.45) is 5.92 Å². The molecular weight excluding hydrogens is 329 g/mol. The number of nitrogens with one attached hydrogen (secondary N) is 1. The molecule has 2 aliphatic rings. The third kappa shape index (κ3) is 2.11. The first-order valence-corrected chi connectivity index (χ1v) is 8.00. The molecule has 0 aromatic heterocycles. The molecule has 0 spiro atoms. The number of hydrogen-bond donors (Lipinski definition) is 1. The van der Waals surface area contributed by atoms with Gasteiger partial charge in [0.2, 0.25) is 0 Å². The molecule has 2 aromatic carbocycles. The Kier molecular flexibility index (Phi) is 3.11. The normalized spacial score (nSPS) is 26.1. The van der Waals surface area contributed by atoms with Gasteiger partial charge in [0.05, 0.1) is 11.7 Å². The van der Waals surface area contributed by atoms with Crippen LogP contribution < -0.4 is 5.32 Å². The summed E-state index contributed by atoms with van der Waals surface area (Å²) in [6.45, 7) is 0. The summed E-state index contributed by atoms with van der Waals surface area (Å²) in [7, 11) is 0. The van der Waals surface area contributed by atoms with Crippen LogP contribution in [0.15, 0.2) is 59.1 Å². The largest absolute Gasteiger partial charge is 0.375 e. The second-order valence-corrected chi connectivity index (χ2v) is 6.65. The molecule has 0 saturated heterocycles. The van der Waals surface area contributed by atoms with Crippen molar-refractivity contribution in [3.05, 3.63) is 76.0 Å². The van der Waals surface area contributed by atoms with Crippen molar-refractivity contribution in [3.8, 4) is 0 Å². The zero-order valence-electron chi connectivity index (χ0n) is 11.4. The molecule has 21 heavy (non-hydrogen) atoms. The van der Waals surface area contributed by atoms with Gasteiger partial charge in [-0.25, -0.2) is 4.39 Å². The van der Waals surface area contributed by atoms with E-state index in [9.17, 15) is 4.39 Å². The Labute approximate surface area is 132 Å². The Morgan fingerprint density at radius 2 is 2.00 bits per heavy atom. The summed E-state index contributed by atoms with van der Waals surface area (Å²) in [6.07, 6.45) is 5.49. The Balaban J connectivity index is 1.83. The summed E-state index contributed by atoms with van der Waals surface area (Å²) < 4.78 is 15.3. The van der Waals surface area contributed by atoms with Crippen LogP contribution in [0.25, 0.3) is 0 Å². The van der Waals surface area contributed by atoms with Crippen LogP contribution in [0.1, 0.15) is 29.5 Å². The molecule has 1 aliphatic carbocycles. The maximum absolute atomic E-state index is 14.2. The highest BCUT2D eigenvalue weighted by atomic mass is 79.9. The predicted molar refractivity (Wildman–Crippen MR) is 86.9 cm³/mol. The second kappa shape index (κ2) is 4.99. The molecule has 4 rings (SSSR count). The van der Waals surface area contributed by atoms with Gasteiger partial charge in [-0.3, -0.25) is 0 Å². The molecule has 1 heterocycles. The Bertz CT molecular complexity index is 725. The van der Waals surface area contributed by atoms with Crippen molar-refractivity contribution in [1.82, 2.24) is 0 Å². The molecule has 1 aliphatic heterocycles. The number of rotatable bonds is 1. The van der Waals surface area contributed by atoms with Crippen molar-refractivity contribution in [1.29, 1.82) is 0 Å². The van der Waals surface area contributed by atoms with Crippen molar-refractivity contribution >= 4 is 21.6 Å². The molecule has 3 heteroatoms. The maximum Gasteiger partial charge on any atom is 0.146 e. The van der Waals surface area contributed by atoms with Gasteiger partial charge in [-0.15, -0.1) is 0 Å². The minimum Gasteiger partial charge on any atom is -0.375 e. The molecular formula is C18H15BrFN. The molecule has 0 saturated carbocycles. The van der Waals surface area contributed by atoms with Gasteiger partial charge in [0, 0.05) is 10.4 Å². The number of halogens is 2. The van der Waals surface area contributed by atoms with E-state index in [0.717, 1.165) is 16.5 Å². The van der Waals surface area contributed by atoms with Crippen LogP contribution >= 0.6 is 15.9 Å².